The van der Waals surface area contributed by atoms with Gasteiger partial charge in [-0.1, -0.05) is 12.1 Å². The number of nitrogens with zero attached hydrogens (tertiary/aromatic N) is 1. The molecule has 0 aliphatic heterocycles. The van der Waals surface area contributed by atoms with Gasteiger partial charge in [-0.15, -0.1) is 11.3 Å². The number of halogens is 1. The summed E-state index contributed by atoms with van der Waals surface area (Å²) < 4.78 is 1.12. The van der Waals surface area contributed by atoms with E-state index in [9.17, 15) is 0 Å². The van der Waals surface area contributed by atoms with Crippen LogP contribution in [0.15, 0.2) is 21.1 Å². The van der Waals surface area contributed by atoms with Crippen molar-refractivity contribution >= 4 is 33.1 Å². The summed E-state index contributed by atoms with van der Waals surface area (Å²) in [6, 6.07) is 2.02. The van der Waals surface area contributed by atoms with E-state index in [1.54, 1.807) is 11.3 Å². The monoisotopic (exact) mass is 291 g/mol. The van der Waals surface area contributed by atoms with Crippen molar-refractivity contribution in [3.05, 3.63) is 20.8 Å². The van der Waals surface area contributed by atoms with Gasteiger partial charge in [-0.25, -0.2) is 0 Å². The van der Waals surface area contributed by atoms with E-state index >= 15 is 0 Å². The topological polar surface area (TPSA) is 70.6 Å². The van der Waals surface area contributed by atoms with Crippen LogP contribution >= 0.6 is 27.3 Å². The average molecular weight is 292 g/mol. The predicted molar refractivity (Wildman–Crippen MR) is 66.3 cm³/mol. The van der Waals surface area contributed by atoms with Gasteiger partial charge in [0, 0.05) is 28.4 Å². The third kappa shape index (κ3) is 3.81. The largest absolute Gasteiger partial charge is 0.409 e. The van der Waals surface area contributed by atoms with E-state index in [0.29, 0.717) is 6.54 Å². The summed E-state index contributed by atoms with van der Waals surface area (Å²) in [4.78, 5) is 1.25. The van der Waals surface area contributed by atoms with E-state index in [1.807, 2.05) is 18.4 Å². The summed E-state index contributed by atoms with van der Waals surface area (Å²) in [7, 11) is 0. The maximum Gasteiger partial charge on any atom is 0.143 e. The lowest BCUT2D eigenvalue weighted by Crippen LogP contribution is -2.30. The fraction of sp³-hybridized carbons (Fsp3) is 0.444. The van der Waals surface area contributed by atoms with Crippen LogP contribution in [0.2, 0.25) is 0 Å². The van der Waals surface area contributed by atoms with Crippen LogP contribution in [0.1, 0.15) is 11.8 Å². The Morgan fingerprint density at radius 1 is 1.80 bits per heavy atom. The van der Waals surface area contributed by atoms with Crippen LogP contribution in [0, 0.1) is 5.92 Å². The molecule has 1 rings (SSSR count). The Kier molecular flexibility index (Phi) is 5.07. The summed E-state index contributed by atoms with van der Waals surface area (Å²) in [6.07, 6.45) is 0. The lowest BCUT2D eigenvalue weighted by atomic mass is 10.1. The number of oxime groups is 1. The van der Waals surface area contributed by atoms with Crippen molar-refractivity contribution in [3.8, 4) is 0 Å². The third-order valence-corrected chi connectivity index (χ3v) is 3.97. The molecule has 4 nitrogen and oxygen atoms in total. The van der Waals surface area contributed by atoms with Crippen LogP contribution < -0.4 is 11.1 Å². The molecule has 0 radical (unpaired) electrons. The van der Waals surface area contributed by atoms with Crippen LogP contribution in [-0.2, 0) is 6.54 Å². The van der Waals surface area contributed by atoms with Crippen molar-refractivity contribution in [1.29, 1.82) is 0 Å². The number of rotatable bonds is 5. The first kappa shape index (κ1) is 12.5. The van der Waals surface area contributed by atoms with Gasteiger partial charge in [-0.05, 0) is 27.4 Å². The van der Waals surface area contributed by atoms with Gasteiger partial charge in [0.15, 0.2) is 0 Å². The van der Waals surface area contributed by atoms with Gasteiger partial charge in [-0.3, -0.25) is 0 Å². The fourth-order valence-electron chi connectivity index (χ4n) is 1.06. The smallest absolute Gasteiger partial charge is 0.143 e. The van der Waals surface area contributed by atoms with Crippen molar-refractivity contribution in [2.45, 2.75) is 13.5 Å². The number of hydrogen-bond acceptors (Lipinski definition) is 4. The number of nitrogens with one attached hydrogen (secondary N) is 1. The second kappa shape index (κ2) is 6.09. The maximum atomic E-state index is 8.46. The lowest BCUT2D eigenvalue weighted by Gasteiger charge is -2.10. The molecule has 0 saturated carbocycles. The summed E-state index contributed by atoms with van der Waals surface area (Å²) in [5.74, 6) is 0.293. The highest BCUT2D eigenvalue weighted by atomic mass is 79.9. The molecule has 1 aromatic heterocycles. The minimum absolute atomic E-state index is 0.0359. The molecule has 0 aliphatic rings. The fourth-order valence-corrected chi connectivity index (χ4v) is 2.52. The molecule has 1 heterocycles. The van der Waals surface area contributed by atoms with Gasteiger partial charge in [0.2, 0.25) is 0 Å². The molecule has 0 fully saturated rings. The van der Waals surface area contributed by atoms with Crippen LogP contribution in [0.5, 0.6) is 0 Å². The van der Waals surface area contributed by atoms with Gasteiger partial charge >= 0.3 is 0 Å². The SMILES string of the molecule is CC(CNCc1sccc1Br)C(N)=NO. The zero-order valence-corrected chi connectivity index (χ0v) is 10.8. The zero-order valence-electron chi connectivity index (χ0n) is 8.40. The number of hydrogen-bond donors (Lipinski definition) is 3. The predicted octanol–water partition coefficient (Wildman–Crippen LogP) is 1.98. The van der Waals surface area contributed by atoms with E-state index < -0.39 is 0 Å². The molecule has 0 spiro atoms. The Morgan fingerprint density at radius 2 is 2.53 bits per heavy atom. The molecule has 6 heteroatoms. The van der Waals surface area contributed by atoms with Gasteiger partial charge < -0.3 is 16.3 Å². The minimum atomic E-state index is 0.0359. The first-order valence-electron chi connectivity index (χ1n) is 4.55. The molecule has 4 N–H and O–H groups in total. The Morgan fingerprint density at radius 3 is 3.07 bits per heavy atom. The van der Waals surface area contributed by atoms with E-state index in [4.69, 9.17) is 10.9 Å². The quantitative estimate of drug-likeness (QED) is 0.336. The molecule has 0 aromatic carbocycles. The molecule has 0 amide bonds. The minimum Gasteiger partial charge on any atom is -0.409 e. The summed E-state index contributed by atoms with van der Waals surface area (Å²) in [6.45, 7) is 3.40. The summed E-state index contributed by atoms with van der Waals surface area (Å²) >= 11 is 5.15. The van der Waals surface area contributed by atoms with Crippen molar-refractivity contribution in [3.63, 3.8) is 0 Å². The van der Waals surface area contributed by atoms with Gasteiger partial charge in [0.25, 0.3) is 0 Å². The molecule has 0 bridgehead atoms. The van der Waals surface area contributed by atoms with Crippen LogP contribution in [0.3, 0.4) is 0 Å². The molecule has 0 aliphatic carbocycles. The number of thiophene rings is 1. The van der Waals surface area contributed by atoms with Crippen molar-refractivity contribution in [2.75, 3.05) is 6.54 Å². The first-order valence-corrected chi connectivity index (χ1v) is 6.22. The van der Waals surface area contributed by atoms with Crippen LogP contribution in [0.25, 0.3) is 0 Å². The van der Waals surface area contributed by atoms with Gasteiger partial charge in [0.1, 0.15) is 5.84 Å². The molecule has 84 valence electrons. The van der Waals surface area contributed by atoms with E-state index in [2.05, 4.69) is 26.4 Å². The normalized spacial score (nSPS) is 14.1. The zero-order chi connectivity index (χ0) is 11.3. The van der Waals surface area contributed by atoms with Gasteiger partial charge in [-0.2, -0.15) is 0 Å². The summed E-state index contributed by atoms with van der Waals surface area (Å²) in [5.41, 5.74) is 5.46. The van der Waals surface area contributed by atoms with Crippen molar-refractivity contribution in [1.82, 2.24) is 5.32 Å². The molecule has 0 saturated heterocycles. The molecule has 1 atom stereocenters. The standard InChI is InChI=1S/C9H14BrN3OS/c1-6(9(11)13-14)4-12-5-8-7(10)2-3-15-8/h2-3,6,12,14H,4-5H2,1H3,(H2,11,13). The number of nitrogens with two attached hydrogens (primary N) is 1. The van der Waals surface area contributed by atoms with E-state index in [0.717, 1.165) is 11.0 Å². The van der Waals surface area contributed by atoms with Crippen molar-refractivity contribution < 1.29 is 5.21 Å². The maximum absolute atomic E-state index is 8.46. The second-order valence-corrected chi connectivity index (χ2v) is 5.10. The highest BCUT2D eigenvalue weighted by Crippen LogP contribution is 2.22. The highest BCUT2D eigenvalue weighted by Gasteiger charge is 2.07. The van der Waals surface area contributed by atoms with Crippen LogP contribution in [-0.4, -0.2) is 17.6 Å². The second-order valence-electron chi connectivity index (χ2n) is 3.25. The third-order valence-electron chi connectivity index (χ3n) is 2.05. The average Bonchev–Trinajstić information content (AvgIpc) is 2.63. The Balaban J connectivity index is 2.31. The highest BCUT2D eigenvalue weighted by molar-refractivity contribution is 9.10. The molecular weight excluding hydrogens is 278 g/mol. The first-order chi connectivity index (χ1) is 7.15. The Labute approximate surface area is 101 Å². The molecule has 1 unspecified atom stereocenters. The Hall–Kier alpha value is -0.590. The number of amidine groups is 1. The lowest BCUT2D eigenvalue weighted by molar-refractivity contribution is 0.314. The molecular formula is C9H14BrN3OS. The van der Waals surface area contributed by atoms with Crippen LogP contribution in [0.4, 0.5) is 0 Å². The van der Waals surface area contributed by atoms with E-state index in [-0.39, 0.29) is 11.8 Å². The van der Waals surface area contributed by atoms with Gasteiger partial charge in [0.05, 0.1) is 0 Å². The Bertz CT molecular complexity index is 340. The summed E-state index contributed by atoms with van der Waals surface area (Å²) in [5, 5.41) is 16.7. The molecule has 15 heavy (non-hydrogen) atoms. The molecule has 1 aromatic rings. The van der Waals surface area contributed by atoms with E-state index in [1.165, 1.54) is 4.88 Å². The van der Waals surface area contributed by atoms with Crippen molar-refractivity contribution in [2.24, 2.45) is 16.8 Å².